The van der Waals surface area contributed by atoms with E-state index in [1.807, 2.05) is 0 Å². The summed E-state index contributed by atoms with van der Waals surface area (Å²) in [6.07, 6.45) is 11.3. The van der Waals surface area contributed by atoms with Crippen molar-refractivity contribution in [3.8, 4) is 0 Å². The van der Waals surface area contributed by atoms with E-state index in [4.69, 9.17) is 0 Å². The first kappa shape index (κ1) is 22.1. The second kappa shape index (κ2) is 11.0. The van der Waals surface area contributed by atoms with Gasteiger partial charge in [-0.2, -0.15) is 0 Å². The van der Waals surface area contributed by atoms with E-state index >= 15 is 0 Å². The number of rotatable bonds is 0. The van der Waals surface area contributed by atoms with Crippen LogP contribution < -0.4 is 0 Å². The zero-order chi connectivity index (χ0) is 10.6. The van der Waals surface area contributed by atoms with Crippen LogP contribution >= 0.6 is 0 Å². The molecule has 2 aliphatic carbocycles. The van der Waals surface area contributed by atoms with Crippen LogP contribution in [0.4, 0.5) is 0 Å². The zero-order valence-electron chi connectivity index (χ0n) is 12.2. The maximum atomic E-state index is 2.25. The van der Waals surface area contributed by atoms with Crippen molar-refractivity contribution in [2.24, 2.45) is 0 Å². The van der Waals surface area contributed by atoms with Crippen molar-refractivity contribution in [1.29, 1.82) is 0 Å². The summed E-state index contributed by atoms with van der Waals surface area (Å²) in [5.41, 5.74) is 5.80. The van der Waals surface area contributed by atoms with Gasteiger partial charge in [0.15, 0.2) is 0 Å². The van der Waals surface area contributed by atoms with Gasteiger partial charge in [0, 0.05) is 0 Å². The van der Waals surface area contributed by atoms with E-state index in [1.165, 1.54) is 35.1 Å². The van der Waals surface area contributed by atoms with E-state index in [9.17, 15) is 0 Å². The van der Waals surface area contributed by atoms with E-state index in [0.29, 0.717) is 0 Å². The summed E-state index contributed by atoms with van der Waals surface area (Å²) in [5, 5.41) is 0. The van der Waals surface area contributed by atoms with Gasteiger partial charge in [0.05, 0.1) is 0 Å². The van der Waals surface area contributed by atoms with Crippen molar-refractivity contribution >= 4 is 0 Å². The minimum Gasteiger partial charge on any atom is -0.358 e. The molecule has 0 radical (unpaired) electrons. The third-order valence-electron chi connectivity index (χ3n) is 2.44. The van der Waals surface area contributed by atoms with Gasteiger partial charge in [0.25, 0.3) is 0 Å². The molecule has 0 fully saturated rings. The van der Waals surface area contributed by atoms with Gasteiger partial charge in [0.1, 0.15) is 0 Å². The van der Waals surface area contributed by atoms with Crippen LogP contribution in [0.1, 0.15) is 40.5 Å². The van der Waals surface area contributed by atoms with Crippen LogP contribution in [-0.2, 0) is 26.2 Å². The van der Waals surface area contributed by atoms with Crippen LogP contribution in [-0.4, -0.2) is 0 Å². The molecule has 2 rings (SSSR count). The van der Waals surface area contributed by atoms with E-state index < -0.39 is 0 Å². The minimum absolute atomic E-state index is 0. The molecule has 0 saturated carbocycles. The van der Waals surface area contributed by atoms with Gasteiger partial charge in [-0.3, -0.25) is 0 Å². The second-order valence-corrected chi connectivity index (χ2v) is 4.29. The molecule has 0 aromatic heterocycles. The Hall–Kier alpha value is -0.157. The first-order valence-corrected chi connectivity index (χ1v) is 5.26. The molecule has 17 heavy (non-hydrogen) atoms. The third kappa shape index (κ3) is 9.54. The Morgan fingerprint density at radius 3 is 1.06 bits per heavy atom. The fourth-order valence-electron chi connectivity index (χ4n) is 1.66. The van der Waals surface area contributed by atoms with E-state index in [-0.39, 0.29) is 41.1 Å². The van der Waals surface area contributed by atoms with Gasteiger partial charge in [-0.25, -0.2) is 0 Å². The average Bonchev–Trinajstić information content (AvgIpc) is 2.63. The van der Waals surface area contributed by atoms with Gasteiger partial charge in [0.2, 0.25) is 0 Å². The molecule has 0 nitrogen and oxygen atoms in total. The Balaban J connectivity index is -0.000000196. The van der Waals surface area contributed by atoms with Gasteiger partial charge < -0.3 is 14.9 Å². The molecule has 2 aliphatic rings. The largest absolute Gasteiger partial charge is 2.00 e. The summed E-state index contributed by atoms with van der Waals surface area (Å²) in [6.45, 7) is 8.59. The predicted octanol–water partition coefficient (Wildman–Crippen LogP) is 5.46. The Labute approximate surface area is 128 Å². The van der Waals surface area contributed by atoms with Gasteiger partial charge in [-0.1, -0.05) is 46.6 Å². The molecule has 0 aliphatic heterocycles. The number of hydrogen-bond donors (Lipinski definition) is 0. The van der Waals surface area contributed by atoms with Crippen LogP contribution in [0.3, 0.4) is 0 Å². The topological polar surface area (TPSA) is 0 Å². The molecular weight excluding hydrogens is 283 g/mol. The molecule has 0 aromatic rings. The van der Waals surface area contributed by atoms with Crippen molar-refractivity contribution in [2.75, 3.05) is 0 Å². The molecule has 0 amide bonds. The molecule has 0 atom stereocenters. The molecule has 94 valence electrons. The fourth-order valence-corrected chi connectivity index (χ4v) is 1.66. The number of hydrogen-bond acceptors (Lipinski definition) is 0. The molecule has 0 spiro atoms. The molecule has 0 bridgehead atoms. The van der Waals surface area contributed by atoms with E-state index in [1.54, 1.807) is 0 Å². The maximum Gasteiger partial charge on any atom is 2.00 e. The van der Waals surface area contributed by atoms with Crippen molar-refractivity contribution in [3.05, 3.63) is 61.4 Å². The predicted molar refractivity (Wildman–Crippen MR) is 77.1 cm³/mol. The van der Waals surface area contributed by atoms with Crippen molar-refractivity contribution in [1.82, 2.24) is 0 Å². The normalized spacial score (nSPS) is 15.8. The van der Waals surface area contributed by atoms with Crippen LogP contribution in [0.15, 0.2) is 46.6 Å². The summed E-state index contributed by atoms with van der Waals surface area (Å²) < 4.78 is 0. The fraction of sp³-hybridized carbons (Fsp3) is 0.375. The Bertz CT molecular complexity index is 293. The van der Waals surface area contributed by atoms with Crippen molar-refractivity contribution < 1.29 is 26.2 Å². The van der Waals surface area contributed by atoms with Crippen LogP contribution in [0, 0.1) is 14.9 Å². The third-order valence-corrected chi connectivity index (χ3v) is 2.44. The Morgan fingerprint density at radius 1 is 0.706 bits per heavy atom. The average molecular weight is 310 g/mol. The minimum atomic E-state index is 0. The maximum absolute atomic E-state index is 2.25. The summed E-state index contributed by atoms with van der Waals surface area (Å²) in [5.74, 6) is 0. The molecule has 0 saturated heterocycles. The van der Waals surface area contributed by atoms with Gasteiger partial charge in [-0.15, -0.1) is 0 Å². The second-order valence-electron chi connectivity index (χ2n) is 4.29. The van der Waals surface area contributed by atoms with Crippen LogP contribution in [0.25, 0.3) is 0 Å². The Kier molecular flexibility index (Phi) is 14.2. The summed E-state index contributed by atoms with van der Waals surface area (Å²) in [4.78, 5) is 0. The molecular formula is C16H26Zr. The van der Waals surface area contributed by atoms with Crippen LogP contribution in [0.5, 0.6) is 0 Å². The molecule has 0 aromatic carbocycles. The van der Waals surface area contributed by atoms with Crippen molar-refractivity contribution in [3.63, 3.8) is 0 Å². The van der Waals surface area contributed by atoms with Crippen LogP contribution in [0.2, 0.25) is 0 Å². The summed E-state index contributed by atoms with van der Waals surface area (Å²) in [7, 11) is 0. The van der Waals surface area contributed by atoms with E-state index in [0.717, 1.165) is 0 Å². The zero-order valence-corrected chi connectivity index (χ0v) is 14.7. The first-order chi connectivity index (χ1) is 6.58. The molecule has 0 unspecified atom stereocenters. The number of allylic oxidation sites excluding steroid dienone is 8. The molecule has 0 heterocycles. The Morgan fingerprint density at radius 2 is 1.00 bits per heavy atom. The SMILES string of the molecule is CC1=CCC(C)=C1.CC1=CCC(C)=C1.[CH3-].[CH3-].[Zr+2]. The summed E-state index contributed by atoms with van der Waals surface area (Å²) in [6, 6.07) is 0. The quantitative estimate of drug-likeness (QED) is 0.521. The molecule has 0 N–H and O–H groups in total. The first-order valence-electron chi connectivity index (χ1n) is 5.26. The smallest absolute Gasteiger partial charge is 0.358 e. The van der Waals surface area contributed by atoms with Gasteiger partial charge in [-0.05, 0) is 40.5 Å². The van der Waals surface area contributed by atoms with Gasteiger partial charge >= 0.3 is 26.2 Å². The van der Waals surface area contributed by atoms with E-state index in [2.05, 4.69) is 52.0 Å². The van der Waals surface area contributed by atoms with Crippen molar-refractivity contribution in [2.45, 2.75) is 40.5 Å². The summed E-state index contributed by atoms with van der Waals surface area (Å²) >= 11 is 0. The monoisotopic (exact) mass is 308 g/mol. The standard InChI is InChI=1S/2C7H10.2CH3.Zr/c2*1-6-3-4-7(2)5-6;;;/h2*3,5H,4H2,1-2H3;2*1H3;/q;;2*-1;+2. The molecule has 1 heteroatoms.